The van der Waals surface area contributed by atoms with E-state index in [4.69, 9.17) is 5.26 Å². The number of aromatic nitrogens is 2. The first-order valence-corrected chi connectivity index (χ1v) is 6.48. The van der Waals surface area contributed by atoms with Crippen molar-refractivity contribution in [1.82, 2.24) is 10.2 Å². The molecule has 1 aromatic heterocycles. The third kappa shape index (κ3) is 2.43. The summed E-state index contributed by atoms with van der Waals surface area (Å²) in [5, 5.41) is 18.5. The third-order valence-electron chi connectivity index (χ3n) is 3.18. The average molecular weight is 290 g/mol. The van der Waals surface area contributed by atoms with Gasteiger partial charge in [0.1, 0.15) is 0 Å². The van der Waals surface area contributed by atoms with Crippen LogP contribution in [0.2, 0.25) is 0 Å². The van der Waals surface area contributed by atoms with E-state index in [2.05, 4.69) is 15.5 Å². The SMILES string of the molecule is N#Cc1ccc(NC(=O)c2n[nH]c(=O)c3ccccc23)cc1. The summed E-state index contributed by atoms with van der Waals surface area (Å²) in [5.74, 6) is -0.433. The first-order chi connectivity index (χ1) is 10.7. The van der Waals surface area contributed by atoms with Gasteiger partial charge in [0.15, 0.2) is 5.69 Å². The topological polar surface area (TPSA) is 98.6 Å². The lowest BCUT2D eigenvalue weighted by atomic mass is 10.1. The Morgan fingerprint density at radius 1 is 1.09 bits per heavy atom. The van der Waals surface area contributed by atoms with E-state index in [0.717, 1.165) is 0 Å². The van der Waals surface area contributed by atoms with Crippen LogP contribution < -0.4 is 10.9 Å². The predicted molar refractivity (Wildman–Crippen MR) is 81.5 cm³/mol. The number of nitrogens with zero attached hydrogens (tertiary/aromatic N) is 2. The highest BCUT2D eigenvalue weighted by Gasteiger charge is 2.14. The van der Waals surface area contributed by atoms with Crippen LogP contribution in [-0.4, -0.2) is 16.1 Å². The number of aromatic amines is 1. The Bertz CT molecular complexity index is 952. The molecule has 22 heavy (non-hydrogen) atoms. The normalized spacial score (nSPS) is 10.1. The van der Waals surface area contributed by atoms with E-state index in [9.17, 15) is 9.59 Å². The maximum absolute atomic E-state index is 12.3. The van der Waals surface area contributed by atoms with Crippen LogP contribution in [0.1, 0.15) is 16.1 Å². The number of hydrogen-bond acceptors (Lipinski definition) is 4. The van der Waals surface area contributed by atoms with Crippen molar-refractivity contribution in [2.75, 3.05) is 5.32 Å². The molecule has 0 aliphatic heterocycles. The van der Waals surface area contributed by atoms with Crippen LogP contribution >= 0.6 is 0 Å². The lowest BCUT2D eigenvalue weighted by molar-refractivity contribution is 0.102. The number of nitriles is 1. The van der Waals surface area contributed by atoms with Gasteiger partial charge in [0.2, 0.25) is 0 Å². The van der Waals surface area contributed by atoms with Crippen molar-refractivity contribution in [3.05, 3.63) is 70.1 Å². The molecule has 106 valence electrons. The predicted octanol–water partition coefficient (Wildman–Crippen LogP) is 2.05. The molecule has 0 atom stereocenters. The minimum absolute atomic E-state index is 0.138. The zero-order chi connectivity index (χ0) is 15.5. The fourth-order valence-corrected chi connectivity index (χ4v) is 2.11. The van der Waals surface area contributed by atoms with E-state index in [1.54, 1.807) is 48.5 Å². The molecule has 0 saturated carbocycles. The molecule has 6 nitrogen and oxygen atoms in total. The molecule has 6 heteroatoms. The molecule has 0 aliphatic rings. The van der Waals surface area contributed by atoms with E-state index in [-0.39, 0.29) is 11.3 Å². The number of nitrogens with one attached hydrogen (secondary N) is 2. The fraction of sp³-hybridized carbons (Fsp3) is 0. The molecular formula is C16H10N4O2. The second-order valence-corrected chi connectivity index (χ2v) is 4.59. The van der Waals surface area contributed by atoms with Crippen LogP contribution in [0.15, 0.2) is 53.3 Å². The number of anilines is 1. The molecule has 0 unspecified atom stereocenters. The second kappa shape index (κ2) is 5.50. The van der Waals surface area contributed by atoms with Gasteiger partial charge < -0.3 is 5.32 Å². The third-order valence-corrected chi connectivity index (χ3v) is 3.18. The van der Waals surface area contributed by atoms with E-state index in [1.165, 1.54) is 0 Å². The van der Waals surface area contributed by atoms with E-state index in [0.29, 0.717) is 22.0 Å². The molecule has 0 fully saturated rings. The summed E-state index contributed by atoms with van der Waals surface area (Å²) in [7, 11) is 0. The Hall–Kier alpha value is -3.46. The van der Waals surface area contributed by atoms with Crippen molar-refractivity contribution < 1.29 is 4.79 Å². The van der Waals surface area contributed by atoms with Gasteiger partial charge in [0.25, 0.3) is 11.5 Å². The van der Waals surface area contributed by atoms with Crippen molar-refractivity contribution in [2.45, 2.75) is 0 Å². The molecule has 0 spiro atoms. The van der Waals surface area contributed by atoms with Crippen molar-refractivity contribution in [2.24, 2.45) is 0 Å². The fourth-order valence-electron chi connectivity index (χ4n) is 2.11. The van der Waals surface area contributed by atoms with Gasteiger partial charge >= 0.3 is 0 Å². The second-order valence-electron chi connectivity index (χ2n) is 4.59. The van der Waals surface area contributed by atoms with E-state index in [1.807, 2.05) is 6.07 Å². The number of rotatable bonds is 2. The Morgan fingerprint density at radius 2 is 1.77 bits per heavy atom. The lowest BCUT2D eigenvalue weighted by Gasteiger charge is -2.06. The number of carbonyl (C=O) groups is 1. The van der Waals surface area contributed by atoms with Gasteiger partial charge in [-0.25, -0.2) is 5.10 Å². The molecule has 2 aromatic carbocycles. The summed E-state index contributed by atoms with van der Waals surface area (Å²) in [6.45, 7) is 0. The molecule has 1 heterocycles. The molecular weight excluding hydrogens is 280 g/mol. The summed E-state index contributed by atoms with van der Waals surface area (Å²) in [6, 6.07) is 15.2. The summed E-state index contributed by atoms with van der Waals surface area (Å²) in [4.78, 5) is 24.0. The zero-order valence-electron chi connectivity index (χ0n) is 11.3. The monoisotopic (exact) mass is 290 g/mol. The summed E-state index contributed by atoms with van der Waals surface area (Å²) >= 11 is 0. The van der Waals surface area contributed by atoms with E-state index < -0.39 is 5.91 Å². The Balaban J connectivity index is 1.97. The van der Waals surface area contributed by atoms with Gasteiger partial charge in [-0.3, -0.25) is 9.59 Å². The Labute approximate surface area is 125 Å². The number of carbonyl (C=O) groups excluding carboxylic acids is 1. The van der Waals surface area contributed by atoms with Crippen LogP contribution in [0.4, 0.5) is 5.69 Å². The Kier molecular flexibility index (Phi) is 3.38. The zero-order valence-corrected chi connectivity index (χ0v) is 11.3. The number of amides is 1. The molecule has 0 bridgehead atoms. The molecule has 1 amide bonds. The number of hydrogen-bond donors (Lipinski definition) is 2. The summed E-state index contributed by atoms with van der Waals surface area (Å²) in [6.07, 6.45) is 0. The van der Waals surface area contributed by atoms with Crippen LogP contribution in [-0.2, 0) is 0 Å². The van der Waals surface area contributed by atoms with Gasteiger partial charge in [0.05, 0.1) is 17.0 Å². The molecule has 3 aromatic rings. The summed E-state index contributed by atoms with van der Waals surface area (Å²) < 4.78 is 0. The molecule has 2 N–H and O–H groups in total. The van der Waals surface area contributed by atoms with Gasteiger partial charge in [-0.2, -0.15) is 10.4 Å². The van der Waals surface area contributed by atoms with Crippen molar-refractivity contribution in [3.63, 3.8) is 0 Å². The first kappa shape index (κ1) is 13.5. The summed E-state index contributed by atoms with van der Waals surface area (Å²) in [5.41, 5.74) is 0.844. The average Bonchev–Trinajstić information content (AvgIpc) is 2.56. The number of H-pyrrole nitrogens is 1. The van der Waals surface area contributed by atoms with Gasteiger partial charge in [-0.15, -0.1) is 0 Å². The Morgan fingerprint density at radius 3 is 2.45 bits per heavy atom. The number of benzene rings is 2. The smallest absolute Gasteiger partial charge is 0.276 e. The van der Waals surface area contributed by atoms with Crippen molar-refractivity contribution in [3.8, 4) is 6.07 Å². The van der Waals surface area contributed by atoms with Crippen LogP contribution in [0.3, 0.4) is 0 Å². The highest BCUT2D eigenvalue weighted by Crippen LogP contribution is 2.15. The van der Waals surface area contributed by atoms with Gasteiger partial charge in [0, 0.05) is 11.1 Å². The molecule has 0 aliphatic carbocycles. The number of fused-ring (bicyclic) bond motifs is 1. The maximum Gasteiger partial charge on any atom is 0.276 e. The lowest BCUT2D eigenvalue weighted by Crippen LogP contribution is -2.19. The van der Waals surface area contributed by atoms with Crippen LogP contribution in [0.5, 0.6) is 0 Å². The largest absolute Gasteiger partial charge is 0.321 e. The quantitative estimate of drug-likeness (QED) is 0.754. The highest BCUT2D eigenvalue weighted by molar-refractivity contribution is 6.11. The van der Waals surface area contributed by atoms with Crippen LogP contribution in [0.25, 0.3) is 10.8 Å². The first-order valence-electron chi connectivity index (χ1n) is 6.48. The van der Waals surface area contributed by atoms with E-state index >= 15 is 0 Å². The minimum atomic E-state index is -0.433. The van der Waals surface area contributed by atoms with Crippen molar-refractivity contribution in [1.29, 1.82) is 5.26 Å². The molecule has 0 radical (unpaired) electrons. The highest BCUT2D eigenvalue weighted by atomic mass is 16.2. The standard InChI is InChI=1S/C16H10N4O2/c17-9-10-5-7-11(8-6-10)18-16(22)14-12-3-1-2-4-13(12)15(21)20-19-14/h1-8H,(H,18,22)(H,20,21). The van der Waals surface area contributed by atoms with Crippen LogP contribution in [0, 0.1) is 11.3 Å². The molecule has 3 rings (SSSR count). The van der Waals surface area contributed by atoms with Gasteiger partial charge in [-0.1, -0.05) is 18.2 Å². The minimum Gasteiger partial charge on any atom is -0.321 e. The molecule has 0 saturated heterocycles. The maximum atomic E-state index is 12.3. The van der Waals surface area contributed by atoms with Gasteiger partial charge in [-0.05, 0) is 30.3 Å². The van der Waals surface area contributed by atoms with Crippen molar-refractivity contribution >= 4 is 22.4 Å².